The summed E-state index contributed by atoms with van der Waals surface area (Å²) >= 11 is 7.53. The fraction of sp³-hybridized carbons (Fsp3) is 0.250. The van der Waals surface area contributed by atoms with Gasteiger partial charge in [-0.1, -0.05) is 42.8 Å². The van der Waals surface area contributed by atoms with E-state index in [-0.39, 0.29) is 0 Å². The van der Waals surface area contributed by atoms with Gasteiger partial charge in [-0.05, 0) is 18.9 Å². The van der Waals surface area contributed by atoms with Crippen molar-refractivity contribution < 1.29 is 0 Å². The highest BCUT2D eigenvalue weighted by molar-refractivity contribution is 7.19. The molecule has 15 heavy (non-hydrogen) atoms. The van der Waals surface area contributed by atoms with Gasteiger partial charge in [0.15, 0.2) is 0 Å². The second kappa shape index (κ2) is 4.33. The van der Waals surface area contributed by atoms with E-state index in [1.165, 1.54) is 16.9 Å². The largest absolute Gasteiger partial charge is 0.240 e. The lowest BCUT2D eigenvalue weighted by molar-refractivity contribution is 1.14. The molecule has 0 atom stereocenters. The molecule has 1 nitrogen and oxygen atoms in total. The molecule has 0 saturated carbocycles. The van der Waals surface area contributed by atoms with Gasteiger partial charge < -0.3 is 0 Å². The zero-order valence-corrected chi connectivity index (χ0v) is 10.3. The third-order valence-corrected chi connectivity index (χ3v) is 3.85. The van der Waals surface area contributed by atoms with Crippen LogP contribution >= 0.6 is 22.9 Å². The number of hydrogen-bond acceptors (Lipinski definition) is 2. The number of halogens is 1. The zero-order chi connectivity index (χ0) is 10.8. The van der Waals surface area contributed by atoms with E-state index in [9.17, 15) is 0 Å². The lowest BCUT2D eigenvalue weighted by Crippen LogP contribution is -1.80. The van der Waals surface area contributed by atoms with Crippen molar-refractivity contribution in [2.24, 2.45) is 0 Å². The molecular formula is C12H12ClNS. The summed E-state index contributed by atoms with van der Waals surface area (Å²) < 4.78 is 0.782. The highest BCUT2D eigenvalue weighted by Gasteiger charge is 2.06. The van der Waals surface area contributed by atoms with Gasteiger partial charge in [-0.15, -0.1) is 11.3 Å². The van der Waals surface area contributed by atoms with Crippen LogP contribution in [0.3, 0.4) is 0 Å². The van der Waals surface area contributed by atoms with Crippen LogP contribution in [0.4, 0.5) is 0 Å². The number of benzene rings is 1. The van der Waals surface area contributed by atoms with E-state index < -0.39 is 0 Å². The maximum absolute atomic E-state index is 5.99. The van der Waals surface area contributed by atoms with E-state index >= 15 is 0 Å². The second-order valence-electron chi connectivity index (χ2n) is 3.43. The highest BCUT2D eigenvalue weighted by atomic mass is 35.5. The molecule has 1 aromatic carbocycles. The van der Waals surface area contributed by atoms with Gasteiger partial charge in [0.1, 0.15) is 9.34 Å². The van der Waals surface area contributed by atoms with Crippen LogP contribution in [0, 0.1) is 6.92 Å². The van der Waals surface area contributed by atoms with E-state index in [1.807, 2.05) is 6.92 Å². The molecular weight excluding hydrogens is 226 g/mol. The SMILES string of the molecule is CCc1ccc(-c2nc(C)c(Cl)s2)cc1. The molecule has 78 valence electrons. The number of aryl methyl sites for hydroxylation is 2. The molecule has 0 saturated heterocycles. The van der Waals surface area contributed by atoms with Gasteiger partial charge in [0.25, 0.3) is 0 Å². The van der Waals surface area contributed by atoms with E-state index in [2.05, 4.69) is 36.2 Å². The molecule has 0 amide bonds. The molecule has 0 aliphatic heterocycles. The summed E-state index contributed by atoms with van der Waals surface area (Å²) in [6.07, 6.45) is 1.07. The minimum absolute atomic E-state index is 0.782. The topological polar surface area (TPSA) is 12.9 Å². The lowest BCUT2D eigenvalue weighted by atomic mass is 10.1. The fourth-order valence-corrected chi connectivity index (χ4v) is 2.45. The smallest absolute Gasteiger partial charge is 0.125 e. The van der Waals surface area contributed by atoms with E-state index in [0.29, 0.717) is 0 Å². The molecule has 0 aliphatic rings. The van der Waals surface area contributed by atoms with E-state index in [1.54, 1.807) is 0 Å². The summed E-state index contributed by atoms with van der Waals surface area (Å²) in [5.74, 6) is 0. The summed E-state index contributed by atoms with van der Waals surface area (Å²) in [7, 11) is 0. The molecule has 0 unspecified atom stereocenters. The Bertz CT molecular complexity index is 439. The maximum Gasteiger partial charge on any atom is 0.125 e. The Morgan fingerprint density at radius 2 is 1.93 bits per heavy atom. The molecule has 3 heteroatoms. The molecule has 0 fully saturated rings. The summed E-state index contributed by atoms with van der Waals surface area (Å²) in [6.45, 7) is 4.09. The first-order valence-electron chi connectivity index (χ1n) is 4.93. The normalized spacial score (nSPS) is 10.6. The zero-order valence-electron chi connectivity index (χ0n) is 8.75. The summed E-state index contributed by atoms with van der Waals surface area (Å²) in [5.41, 5.74) is 3.40. The van der Waals surface area contributed by atoms with Crippen molar-refractivity contribution in [3.05, 3.63) is 39.9 Å². The average Bonchev–Trinajstić information content (AvgIpc) is 2.59. The minimum atomic E-state index is 0.782. The third-order valence-electron chi connectivity index (χ3n) is 2.35. The minimum Gasteiger partial charge on any atom is -0.240 e. The molecule has 1 aromatic heterocycles. The molecule has 2 aromatic rings. The maximum atomic E-state index is 5.99. The number of thiazole rings is 1. The average molecular weight is 238 g/mol. The Kier molecular flexibility index (Phi) is 3.08. The van der Waals surface area contributed by atoms with Crippen LogP contribution < -0.4 is 0 Å². The Morgan fingerprint density at radius 3 is 2.40 bits per heavy atom. The number of aromatic nitrogens is 1. The van der Waals surface area contributed by atoms with Crippen LogP contribution in [0.2, 0.25) is 4.34 Å². The first kappa shape index (κ1) is 10.7. The van der Waals surface area contributed by atoms with Crippen molar-refractivity contribution in [3.63, 3.8) is 0 Å². The summed E-state index contributed by atoms with van der Waals surface area (Å²) in [4.78, 5) is 4.42. The molecule has 0 aliphatic carbocycles. The predicted octanol–water partition coefficient (Wildman–Crippen LogP) is 4.33. The van der Waals surface area contributed by atoms with Gasteiger partial charge in [0.05, 0.1) is 5.69 Å². The Hall–Kier alpha value is -0.860. The van der Waals surface area contributed by atoms with E-state index in [4.69, 9.17) is 11.6 Å². The molecule has 0 spiro atoms. The Morgan fingerprint density at radius 1 is 1.27 bits per heavy atom. The molecule has 2 rings (SSSR count). The van der Waals surface area contributed by atoms with Crippen LogP contribution in [-0.2, 0) is 6.42 Å². The van der Waals surface area contributed by atoms with Gasteiger partial charge in [-0.3, -0.25) is 0 Å². The molecule has 0 radical (unpaired) electrons. The summed E-state index contributed by atoms with van der Waals surface area (Å²) in [6, 6.07) is 8.49. The Balaban J connectivity index is 2.37. The van der Waals surface area contributed by atoms with Crippen molar-refractivity contribution in [1.82, 2.24) is 4.98 Å². The lowest BCUT2D eigenvalue weighted by Gasteiger charge is -1.98. The van der Waals surface area contributed by atoms with Crippen LogP contribution in [-0.4, -0.2) is 4.98 Å². The van der Waals surface area contributed by atoms with Gasteiger partial charge in [0.2, 0.25) is 0 Å². The van der Waals surface area contributed by atoms with E-state index in [0.717, 1.165) is 27.0 Å². The van der Waals surface area contributed by atoms with Gasteiger partial charge >= 0.3 is 0 Å². The van der Waals surface area contributed by atoms with Crippen LogP contribution in [0.15, 0.2) is 24.3 Å². The van der Waals surface area contributed by atoms with Gasteiger partial charge in [-0.2, -0.15) is 0 Å². The molecule has 0 bridgehead atoms. The first-order chi connectivity index (χ1) is 7.20. The van der Waals surface area contributed by atoms with Crippen LogP contribution in [0.1, 0.15) is 18.2 Å². The number of rotatable bonds is 2. The monoisotopic (exact) mass is 237 g/mol. The fourth-order valence-electron chi connectivity index (χ4n) is 1.38. The highest BCUT2D eigenvalue weighted by Crippen LogP contribution is 2.31. The predicted molar refractivity (Wildman–Crippen MR) is 66.7 cm³/mol. The van der Waals surface area contributed by atoms with Crippen LogP contribution in [0.25, 0.3) is 10.6 Å². The van der Waals surface area contributed by atoms with Crippen molar-refractivity contribution in [2.45, 2.75) is 20.3 Å². The van der Waals surface area contributed by atoms with Crippen molar-refractivity contribution >= 4 is 22.9 Å². The first-order valence-corrected chi connectivity index (χ1v) is 6.12. The Labute approximate surface area is 98.7 Å². The van der Waals surface area contributed by atoms with Crippen LogP contribution in [0.5, 0.6) is 0 Å². The van der Waals surface area contributed by atoms with Gasteiger partial charge in [0, 0.05) is 5.56 Å². The van der Waals surface area contributed by atoms with Crippen molar-refractivity contribution in [3.8, 4) is 10.6 Å². The number of nitrogens with zero attached hydrogens (tertiary/aromatic N) is 1. The quantitative estimate of drug-likeness (QED) is 0.758. The standard InChI is InChI=1S/C12H12ClNS/c1-3-9-4-6-10(7-5-9)12-14-8(2)11(13)15-12/h4-7H,3H2,1-2H3. The number of hydrogen-bond donors (Lipinski definition) is 0. The van der Waals surface area contributed by atoms with Gasteiger partial charge in [-0.25, -0.2) is 4.98 Å². The second-order valence-corrected chi connectivity index (χ2v) is 5.03. The third kappa shape index (κ3) is 2.21. The van der Waals surface area contributed by atoms with Crippen molar-refractivity contribution in [1.29, 1.82) is 0 Å². The molecule has 1 heterocycles. The van der Waals surface area contributed by atoms with Crippen molar-refractivity contribution in [2.75, 3.05) is 0 Å². The summed E-state index contributed by atoms with van der Waals surface area (Å²) in [5, 5.41) is 1.00. The molecule has 0 N–H and O–H groups in total.